The van der Waals surface area contributed by atoms with Crippen LogP contribution in [0, 0.1) is 0 Å². The van der Waals surface area contributed by atoms with Gasteiger partial charge in [0.05, 0.1) is 6.61 Å². The molecule has 2 rings (SSSR count). The van der Waals surface area contributed by atoms with E-state index in [1.807, 2.05) is 31.2 Å². The van der Waals surface area contributed by atoms with Crippen molar-refractivity contribution < 1.29 is 9.53 Å². The third-order valence-corrected chi connectivity index (χ3v) is 2.83. The van der Waals surface area contributed by atoms with Gasteiger partial charge in [0, 0.05) is 19.7 Å². The van der Waals surface area contributed by atoms with Crippen molar-refractivity contribution in [3.05, 3.63) is 41.6 Å². The average molecular weight is 274 g/mol. The van der Waals surface area contributed by atoms with Crippen molar-refractivity contribution in [2.45, 2.75) is 13.5 Å². The van der Waals surface area contributed by atoms with Crippen LogP contribution in [0.4, 0.5) is 5.82 Å². The van der Waals surface area contributed by atoms with Gasteiger partial charge in [-0.1, -0.05) is 12.1 Å². The fourth-order valence-corrected chi connectivity index (χ4v) is 1.86. The molecule has 6 heteroatoms. The van der Waals surface area contributed by atoms with Crippen molar-refractivity contribution in [2.75, 3.05) is 19.4 Å². The zero-order chi connectivity index (χ0) is 14.5. The number of aromatic nitrogens is 2. The van der Waals surface area contributed by atoms with Gasteiger partial charge in [-0.05, 0) is 24.6 Å². The van der Waals surface area contributed by atoms with Crippen molar-refractivity contribution in [2.24, 2.45) is 0 Å². The lowest BCUT2D eigenvalue weighted by molar-refractivity contribution is 0.0779. The summed E-state index contributed by atoms with van der Waals surface area (Å²) in [5.74, 6) is 0.984. The van der Waals surface area contributed by atoms with E-state index >= 15 is 0 Å². The first kappa shape index (κ1) is 13.9. The number of ether oxygens (including phenoxy) is 1. The van der Waals surface area contributed by atoms with Crippen molar-refractivity contribution in [1.29, 1.82) is 0 Å². The van der Waals surface area contributed by atoms with Gasteiger partial charge in [0.2, 0.25) is 0 Å². The lowest BCUT2D eigenvalue weighted by Crippen LogP contribution is -2.26. The maximum absolute atomic E-state index is 12.1. The standard InChI is InChI=1S/C14H18N4O2/c1-3-20-11-6-4-10(5-7-11)9-18(2)14(19)12-8-13(15)17-16-12/h4-8H,3,9H2,1-2H3,(H3,15,16,17). The molecule has 0 fully saturated rings. The first-order chi connectivity index (χ1) is 9.60. The minimum atomic E-state index is -0.150. The number of hydrogen-bond acceptors (Lipinski definition) is 4. The number of aromatic amines is 1. The summed E-state index contributed by atoms with van der Waals surface area (Å²) in [6.07, 6.45) is 0. The summed E-state index contributed by atoms with van der Waals surface area (Å²) in [4.78, 5) is 13.7. The van der Waals surface area contributed by atoms with E-state index in [-0.39, 0.29) is 5.91 Å². The van der Waals surface area contributed by atoms with Gasteiger partial charge in [-0.25, -0.2) is 0 Å². The fourth-order valence-electron chi connectivity index (χ4n) is 1.86. The first-order valence-corrected chi connectivity index (χ1v) is 6.38. The molecule has 0 bridgehead atoms. The van der Waals surface area contributed by atoms with E-state index in [1.54, 1.807) is 11.9 Å². The number of hydrogen-bond donors (Lipinski definition) is 2. The molecule has 0 aliphatic heterocycles. The molecule has 0 aliphatic carbocycles. The number of nitrogens with two attached hydrogens (primary N) is 1. The molecule has 20 heavy (non-hydrogen) atoms. The highest BCUT2D eigenvalue weighted by atomic mass is 16.5. The molecule has 0 atom stereocenters. The smallest absolute Gasteiger partial charge is 0.271 e. The van der Waals surface area contributed by atoms with Crippen LogP contribution >= 0.6 is 0 Å². The second-order valence-electron chi connectivity index (χ2n) is 4.44. The largest absolute Gasteiger partial charge is 0.494 e. The molecule has 1 aromatic heterocycles. The summed E-state index contributed by atoms with van der Waals surface area (Å²) in [5.41, 5.74) is 6.90. The predicted molar refractivity (Wildman–Crippen MR) is 76.4 cm³/mol. The van der Waals surface area contributed by atoms with E-state index in [9.17, 15) is 4.79 Å². The summed E-state index contributed by atoms with van der Waals surface area (Å²) in [6, 6.07) is 9.19. The number of nitrogens with one attached hydrogen (secondary N) is 1. The SMILES string of the molecule is CCOc1ccc(CN(C)C(=O)c2cc(N)n[nH]2)cc1. The highest BCUT2D eigenvalue weighted by Crippen LogP contribution is 2.14. The van der Waals surface area contributed by atoms with Crippen LogP contribution in [-0.4, -0.2) is 34.7 Å². The molecule has 0 saturated carbocycles. The van der Waals surface area contributed by atoms with Crippen molar-refractivity contribution >= 4 is 11.7 Å². The molecule has 106 valence electrons. The number of H-pyrrole nitrogens is 1. The zero-order valence-corrected chi connectivity index (χ0v) is 11.6. The minimum Gasteiger partial charge on any atom is -0.494 e. The molecular formula is C14H18N4O2. The third kappa shape index (κ3) is 3.28. The highest BCUT2D eigenvalue weighted by Gasteiger charge is 2.14. The van der Waals surface area contributed by atoms with Crippen LogP contribution in [0.1, 0.15) is 23.0 Å². The Morgan fingerprint density at radius 1 is 1.40 bits per heavy atom. The summed E-state index contributed by atoms with van der Waals surface area (Å²) in [6.45, 7) is 3.08. The number of anilines is 1. The third-order valence-electron chi connectivity index (χ3n) is 2.83. The number of nitrogens with zero attached hydrogens (tertiary/aromatic N) is 2. The van der Waals surface area contributed by atoms with E-state index in [1.165, 1.54) is 6.07 Å². The van der Waals surface area contributed by atoms with Crippen LogP contribution < -0.4 is 10.5 Å². The number of amides is 1. The highest BCUT2D eigenvalue weighted by molar-refractivity contribution is 5.92. The van der Waals surface area contributed by atoms with Crippen LogP contribution in [0.5, 0.6) is 5.75 Å². The van der Waals surface area contributed by atoms with Crippen LogP contribution in [0.2, 0.25) is 0 Å². The molecule has 0 spiro atoms. The number of nitrogen functional groups attached to an aromatic ring is 1. The Hall–Kier alpha value is -2.50. The lowest BCUT2D eigenvalue weighted by atomic mass is 10.2. The van der Waals surface area contributed by atoms with E-state index in [0.29, 0.717) is 24.7 Å². The van der Waals surface area contributed by atoms with E-state index in [2.05, 4.69) is 10.2 Å². The molecule has 0 saturated heterocycles. The number of carbonyl (C=O) groups is 1. The van der Waals surface area contributed by atoms with Crippen LogP contribution in [-0.2, 0) is 6.54 Å². The van der Waals surface area contributed by atoms with Crippen molar-refractivity contribution in [3.63, 3.8) is 0 Å². The zero-order valence-electron chi connectivity index (χ0n) is 11.6. The first-order valence-electron chi connectivity index (χ1n) is 6.38. The minimum absolute atomic E-state index is 0.150. The van der Waals surface area contributed by atoms with Gasteiger partial charge in [-0.15, -0.1) is 0 Å². The second-order valence-corrected chi connectivity index (χ2v) is 4.44. The van der Waals surface area contributed by atoms with E-state index in [0.717, 1.165) is 11.3 Å². The van der Waals surface area contributed by atoms with Crippen LogP contribution in [0.3, 0.4) is 0 Å². The number of carbonyl (C=O) groups excluding carboxylic acids is 1. The maximum Gasteiger partial charge on any atom is 0.271 e. The van der Waals surface area contributed by atoms with Crippen molar-refractivity contribution in [3.8, 4) is 5.75 Å². The van der Waals surface area contributed by atoms with E-state index < -0.39 is 0 Å². The topological polar surface area (TPSA) is 84.2 Å². The Morgan fingerprint density at radius 3 is 2.65 bits per heavy atom. The Balaban J connectivity index is 2.00. The Kier molecular flexibility index (Phi) is 4.24. The second kappa shape index (κ2) is 6.10. The molecule has 1 amide bonds. The molecule has 6 nitrogen and oxygen atoms in total. The van der Waals surface area contributed by atoms with E-state index in [4.69, 9.17) is 10.5 Å². The molecule has 3 N–H and O–H groups in total. The van der Waals surface area contributed by atoms with Gasteiger partial charge < -0.3 is 15.4 Å². The maximum atomic E-state index is 12.1. The van der Waals surface area contributed by atoms with Gasteiger partial charge in [0.25, 0.3) is 5.91 Å². The summed E-state index contributed by atoms with van der Waals surface area (Å²) in [5, 5.41) is 6.36. The quantitative estimate of drug-likeness (QED) is 0.868. The van der Waals surface area contributed by atoms with Crippen LogP contribution in [0.25, 0.3) is 0 Å². The normalized spacial score (nSPS) is 10.3. The van der Waals surface area contributed by atoms with Crippen molar-refractivity contribution in [1.82, 2.24) is 15.1 Å². The number of rotatable bonds is 5. The molecule has 2 aromatic rings. The molecule has 1 aromatic carbocycles. The summed E-state index contributed by atoms with van der Waals surface area (Å²) in [7, 11) is 1.73. The summed E-state index contributed by atoms with van der Waals surface area (Å²) >= 11 is 0. The molecular weight excluding hydrogens is 256 g/mol. The van der Waals surface area contributed by atoms with Gasteiger partial charge in [0.1, 0.15) is 17.3 Å². The van der Waals surface area contributed by atoms with Gasteiger partial charge in [-0.2, -0.15) is 5.10 Å². The van der Waals surface area contributed by atoms with Gasteiger partial charge >= 0.3 is 0 Å². The molecule has 0 unspecified atom stereocenters. The molecule has 0 aliphatic rings. The average Bonchev–Trinajstić information content (AvgIpc) is 2.87. The molecule has 1 heterocycles. The fraction of sp³-hybridized carbons (Fsp3) is 0.286. The Morgan fingerprint density at radius 2 is 2.10 bits per heavy atom. The Bertz CT molecular complexity index is 577. The monoisotopic (exact) mass is 274 g/mol. The lowest BCUT2D eigenvalue weighted by Gasteiger charge is -2.16. The van der Waals surface area contributed by atoms with Crippen LogP contribution in [0.15, 0.2) is 30.3 Å². The van der Waals surface area contributed by atoms with Gasteiger partial charge in [0.15, 0.2) is 0 Å². The molecule has 0 radical (unpaired) electrons. The Labute approximate surface area is 117 Å². The number of benzene rings is 1. The predicted octanol–water partition coefficient (Wildman–Crippen LogP) is 1.66. The van der Waals surface area contributed by atoms with Gasteiger partial charge in [-0.3, -0.25) is 9.89 Å². The summed E-state index contributed by atoms with van der Waals surface area (Å²) < 4.78 is 5.38.